The van der Waals surface area contributed by atoms with E-state index >= 15 is 0 Å². The fraction of sp³-hybridized carbons (Fsp3) is 0.800. The Hall–Kier alpha value is -1.60. The van der Waals surface area contributed by atoms with Gasteiger partial charge in [-0.2, -0.15) is 0 Å². The zero-order valence-electron chi connectivity index (χ0n) is 16.3. The summed E-state index contributed by atoms with van der Waals surface area (Å²) in [5.41, 5.74) is 1.38. The van der Waals surface area contributed by atoms with Gasteiger partial charge in [0.05, 0.1) is 11.8 Å². The second kappa shape index (κ2) is 7.09. The van der Waals surface area contributed by atoms with E-state index in [1.807, 2.05) is 13.1 Å². The highest BCUT2D eigenvalue weighted by Gasteiger charge is 2.65. The van der Waals surface area contributed by atoms with E-state index in [-0.39, 0.29) is 0 Å². The van der Waals surface area contributed by atoms with Crippen molar-refractivity contribution >= 4 is 5.96 Å². The van der Waals surface area contributed by atoms with Crippen LogP contribution in [0.25, 0.3) is 0 Å². The van der Waals surface area contributed by atoms with E-state index in [1.54, 1.807) is 6.26 Å². The van der Waals surface area contributed by atoms with Crippen molar-refractivity contribution in [2.45, 2.75) is 50.8 Å². The van der Waals surface area contributed by atoms with Crippen molar-refractivity contribution in [2.24, 2.45) is 16.3 Å². The van der Waals surface area contributed by atoms with Crippen molar-refractivity contribution in [1.29, 1.82) is 0 Å². The van der Waals surface area contributed by atoms with Gasteiger partial charge in [0.15, 0.2) is 5.96 Å². The van der Waals surface area contributed by atoms with E-state index in [0.29, 0.717) is 23.5 Å². The van der Waals surface area contributed by atoms with Crippen LogP contribution in [0, 0.1) is 11.3 Å². The van der Waals surface area contributed by atoms with Crippen molar-refractivity contribution < 1.29 is 9.26 Å². The largest absolute Gasteiger partial charge is 0.377 e. The summed E-state index contributed by atoms with van der Waals surface area (Å²) in [5, 5.41) is 7.92. The smallest absolute Gasteiger partial charge is 0.193 e. The molecule has 1 aromatic rings. The Kier molecular flexibility index (Phi) is 4.60. The summed E-state index contributed by atoms with van der Waals surface area (Å²) in [7, 11) is 1.92. The zero-order chi connectivity index (χ0) is 18.3. The van der Waals surface area contributed by atoms with Crippen molar-refractivity contribution in [2.75, 3.05) is 39.8 Å². The number of nitrogens with zero attached hydrogens (tertiary/aromatic N) is 4. The summed E-state index contributed by atoms with van der Waals surface area (Å²) in [6.07, 6.45) is 8.67. The molecule has 1 spiro atoms. The topological polar surface area (TPSA) is 66.1 Å². The molecule has 2 saturated carbocycles. The summed E-state index contributed by atoms with van der Waals surface area (Å²) in [4.78, 5) is 9.50. The van der Waals surface area contributed by atoms with Gasteiger partial charge in [-0.05, 0) is 19.3 Å². The van der Waals surface area contributed by atoms with E-state index in [9.17, 15) is 0 Å². The number of hydrogen-bond acceptors (Lipinski definition) is 5. The molecule has 0 amide bonds. The van der Waals surface area contributed by atoms with Gasteiger partial charge in [-0.3, -0.25) is 9.89 Å². The molecule has 148 valence electrons. The molecule has 27 heavy (non-hydrogen) atoms. The molecule has 7 heteroatoms. The number of aliphatic imine (C=N–C) groups is 1. The maximum absolute atomic E-state index is 6.13. The second-order valence-electron chi connectivity index (χ2n) is 8.61. The number of nitrogens with one attached hydrogen (secondary N) is 1. The summed E-state index contributed by atoms with van der Waals surface area (Å²) < 4.78 is 11.1. The van der Waals surface area contributed by atoms with Gasteiger partial charge in [0.2, 0.25) is 0 Å². The van der Waals surface area contributed by atoms with Crippen LogP contribution in [0.1, 0.15) is 37.8 Å². The third-order valence-corrected chi connectivity index (χ3v) is 7.33. The summed E-state index contributed by atoms with van der Waals surface area (Å²) in [6, 6.07) is 2.49. The highest BCUT2D eigenvalue weighted by Crippen LogP contribution is 2.60. The lowest BCUT2D eigenvalue weighted by atomic mass is 9.54. The lowest BCUT2D eigenvalue weighted by Crippen LogP contribution is -2.70. The van der Waals surface area contributed by atoms with Crippen LogP contribution in [0.3, 0.4) is 0 Å². The Morgan fingerprint density at radius 1 is 1.30 bits per heavy atom. The zero-order valence-corrected chi connectivity index (χ0v) is 16.3. The monoisotopic (exact) mass is 373 g/mol. The molecule has 4 fully saturated rings. The van der Waals surface area contributed by atoms with Crippen molar-refractivity contribution in [1.82, 2.24) is 20.3 Å². The fourth-order valence-electron chi connectivity index (χ4n) is 6.01. The number of aromatic nitrogens is 1. The standard InChI is InChI=1S/C20H31N5O2/c1-21-19(25-10-8-24(9-11-25)14-15-4-13-27-23-15)22-17-16-5-12-26-18(16)20(17)6-2-3-7-20/h4,13,16-18H,2-3,5-12,14H2,1H3,(H,21,22). The first-order valence-electron chi connectivity index (χ1n) is 10.5. The van der Waals surface area contributed by atoms with Gasteiger partial charge in [-0.15, -0.1) is 0 Å². The van der Waals surface area contributed by atoms with Crippen LogP contribution in [-0.2, 0) is 11.3 Å². The molecule has 5 rings (SSSR count). The molecule has 2 aliphatic carbocycles. The van der Waals surface area contributed by atoms with Gasteiger partial charge in [0.1, 0.15) is 6.26 Å². The Morgan fingerprint density at radius 2 is 2.11 bits per heavy atom. The molecule has 1 N–H and O–H groups in total. The lowest BCUT2D eigenvalue weighted by molar-refractivity contribution is -0.125. The molecule has 3 heterocycles. The average molecular weight is 374 g/mol. The SMILES string of the molecule is CN=C(NC1C2CCOC2C12CCCC2)N1CCN(Cc2ccon2)CC1. The van der Waals surface area contributed by atoms with Crippen LogP contribution < -0.4 is 5.32 Å². The van der Waals surface area contributed by atoms with Crippen LogP contribution >= 0.6 is 0 Å². The van der Waals surface area contributed by atoms with E-state index in [4.69, 9.17) is 9.26 Å². The molecule has 7 nitrogen and oxygen atoms in total. The Labute approximate surface area is 161 Å². The molecule has 0 aromatic carbocycles. The van der Waals surface area contributed by atoms with Crippen molar-refractivity contribution in [3.8, 4) is 0 Å². The number of guanidine groups is 1. The predicted octanol–water partition coefficient (Wildman–Crippen LogP) is 1.72. The summed E-state index contributed by atoms with van der Waals surface area (Å²) in [6.45, 7) is 5.86. The highest BCUT2D eigenvalue weighted by atomic mass is 16.5. The summed E-state index contributed by atoms with van der Waals surface area (Å²) in [5.74, 6) is 1.76. The number of hydrogen-bond donors (Lipinski definition) is 1. The van der Waals surface area contributed by atoms with Crippen molar-refractivity contribution in [3.05, 3.63) is 18.0 Å². The molecule has 3 atom stereocenters. The van der Waals surface area contributed by atoms with E-state index < -0.39 is 0 Å². The second-order valence-corrected chi connectivity index (χ2v) is 8.61. The molecule has 0 bridgehead atoms. The van der Waals surface area contributed by atoms with Crippen LogP contribution in [0.15, 0.2) is 21.8 Å². The molecule has 4 aliphatic rings. The van der Waals surface area contributed by atoms with Gasteiger partial charge >= 0.3 is 0 Å². The lowest BCUT2D eigenvalue weighted by Gasteiger charge is -2.57. The van der Waals surface area contributed by atoms with Crippen LogP contribution in [0.2, 0.25) is 0 Å². The maximum atomic E-state index is 6.13. The molecule has 2 saturated heterocycles. The van der Waals surface area contributed by atoms with Gasteiger partial charge < -0.3 is 19.5 Å². The Bertz CT molecular complexity index is 662. The van der Waals surface area contributed by atoms with Crippen LogP contribution in [0.4, 0.5) is 0 Å². The minimum absolute atomic E-state index is 0.367. The van der Waals surface area contributed by atoms with Gasteiger partial charge in [0, 0.05) is 69.8 Å². The molecular formula is C20H31N5O2. The quantitative estimate of drug-likeness (QED) is 0.643. The van der Waals surface area contributed by atoms with E-state index in [1.165, 1.54) is 32.1 Å². The molecular weight excluding hydrogens is 342 g/mol. The fourth-order valence-corrected chi connectivity index (χ4v) is 6.01. The Morgan fingerprint density at radius 3 is 2.81 bits per heavy atom. The molecule has 3 unspecified atom stereocenters. The van der Waals surface area contributed by atoms with Gasteiger partial charge in [-0.25, -0.2) is 0 Å². The van der Waals surface area contributed by atoms with E-state index in [0.717, 1.165) is 51.0 Å². The minimum atomic E-state index is 0.367. The molecule has 1 aromatic heterocycles. The molecule has 2 aliphatic heterocycles. The third-order valence-electron chi connectivity index (χ3n) is 7.33. The van der Waals surface area contributed by atoms with Gasteiger partial charge in [-0.1, -0.05) is 18.0 Å². The normalized spacial score (nSPS) is 33.3. The highest BCUT2D eigenvalue weighted by molar-refractivity contribution is 5.80. The third kappa shape index (κ3) is 2.95. The predicted molar refractivity (Wildman–Crippen MR) is 102 cm³/mol. The minimum Gasteiger partial charge on any atom is -0.377 e. The molecule has 0 radical (unpaired) electrons. The van der Waals surface area contributed by atoms with Crippen LogP contribution in [0.5, 0.6) is 0 Å². The number of fused-ring (bicyclic) bond motifs is 2. The average Bonchev–Trinajstić information content (AvgIpc) is 3.44. The van der Waals surface area contributed by atoms with Crippen molar-refractivity contribution in [3.63, 3.8) is 0 Å². The first kappa shape index (κ1) is 17.5. The van der Waals surface area contributed by atoms with E-state index in [2.05, 4.69) is 25.3 Å². The van der Waals surface area contributed by atoms with Gasteiger partial charge in [0.25, 0.3) is 0 Å². The maximum Gasteiger partial charge on any atom is 0.193 e. The first-order valence-corrected chi connectivity index (χ1v) is 10.5. The number of piperazine rings is 1. The first-order chi connectivity index (χ1) is 13.3. The number of ether oxygens (including phenoxy) is 1. The summed E-state index contributed by atoms with van der Waals surface area (Å²) >= 11 is 0. The number of rotatable bonds is 3. The Balaban J connectivity index is 1.20. The van der Waals surface area contributed by atoms with Crippen LogP contribution in [-0.4, -0.2) is 72.9 Å².